The van der Waals surface area contributed by atoms with Crippen LogP contribution in [0.15, 0.2) is 0 Å². The molecule has 0 aromatic carbocycles. The Balaban J connectivity index is 2.25. The third kappa shape index (κ3) is 3.96. The van der Waals surface area contributed by atoms with Gasteiger partial charge < -0.3 is 4.74 Å². The van der Waals surface area contributed by atoms with E-state index in [1.165, 1.54) is 6.54 Å². The summed E-state index contributed by atoms with van der Waals surface area (Å²) in [6.07, 6.45) is 1.61. The quantitative estimate of drug-likeness (QED) is 0.709. The maximum Gasteiger partial charge on any atom is 0.0700 e. The number of hydrogen-bond donors (Lipinski definition) is 0. The van der Waals surface area contributed by atoms with E-state index in [4.69, 9.17) is 4.74 Å². The van der Waals surface area contributed by atoms with Gasteiger partial charge in [-0.1, -0.05) is 29.8 Å². The lowest BCUT2D eigenvalue weighted by molar-refractivity contribution is -0.0325. The summed E-state index contributed by atoms with van der Waals surface area (Å²) in [6.45, 7) is 8.81. The SMILES string of the molecule is CCC1CN(CC(C)CBr)CCO1. The van der Waals surface area contributed by atoms with Crippen molar-refractivity contribution >= 4 is 15.9 Å². The van der Waals surface area contributed by atoms with Crippen molar-refractivity contribution in [1.29, 1.82) is 0 Å². The van der Waals surface area contributed by atoms with Crippen molar-refractivity contribution in [2.75, 3.05) is 31.6 Å². The molecule has 0 aromatic heterocycles. The Hall–Kier alpha value is 0.400. The molecule has 1 aliphatic heterocycles. The molecule has 2 atom stereocenters. The summed E-state index contributed by atoms with van der Waals surface area (Å²) in [5.41, 5.74) is 0. The molecule has 78 valence electrons. The summed E-state index contributed by atoms with van der Waals surface area (Å²) >= 11 is 3.52. The van der Waals surface area contributed by atoms with Crippen LogP contribution in [0.4, 0.5) is 0 Å². The summed E-state index contributed by atoms with van der Waals surface area (Å²) in [6, 6.07) is 0. The van der Waals surface area contributed by atoms with Gasteiger partial charge >= 0.3 is 0 Å². The molecule has 1 saturated heterocycles. The molecule has 13 heavy (non-hydrogen) atoms. The van der Waals surface area contributed by atoms with Crippen molar-refractivity contribution in [3.05, 3.63) is 0 Å². The Bertz CT molecular complexity index is 141. The van der Waals surface area contributed by atoms with Gasteiger partial charge in [-0.2, -0.15) is 0 Å². The highest BCUT2D eigenvalue weighted by Crippen LogP contribution is 2.11. The maximum atomic E-state index is 5.62. The summed E-state index contributed by atoms with van der Waals surface area (Å²) in [4.78, 5) is 2.52. The van der Waals surface area contributed by atoms with E-state index in [0.717, 1.165) is 37.4 Å². The number of ether oxygens (including phenoxy) is 1. The largest absolute Gasteiger partial charge is 0.376 e. The molecule has 0 N–H and O–H groups in total. The molecule has 2 unspecified atom stereocenters. The van der Waals surface area contributed by atoms with Crippen LogP contribution in [0.2, 0.25) is 0 Å². The molecule has 0 radical (unpaired) electrons. The Morgan fingerprint density at radius 1 is 1.62 bits per heavy atom. The standard InChI is InChI=1S/C10H20BrNO/c1-3-10-8-12(4-5-13-10)7-9(2)6-11/h9-10H,3-8H2,1-2H3. The Labute approximate surface area is 89.8 Å². The highest BCUT2D eigenvalue weighted by molar-refractivity contribution is 9.09. The summed E-state index contributed by atoms with van der Waals surface area (Å²) in [7, 11) is 0. The Morgan fingerprint density at radius 2 is 2.38 bits per heavy atom. The lowest BCUT2D eigenvalue weighted by atomic mass is 10.1. The zero-order valence-electron chi connectivity index (χ0n) is 8.63. The minimum Gasteiger partial charge on any atom is -0.376 e. The van der Waals surface area contributed by atoms with Gasteiger partial charge in [-0.15, -0.1) is 0 Å². The van der Waals surface area contributed by atoms with Gasteiger partial charge in [0.15, 0.2) is 0 Å². The van der Waals surface area contributed by atoms with E-state index in [1.807, 2.05) is 0 Å². The summed E-state index contributed by atoms with van der Waals surface area (Å²) < 4.78 is 5.62. The minimum absolute atomic E-state index is 0.469. The first-order valence-electron chi connectivity index (χ1n) is 5.16. The molecule has 0 aromatic rings. The van der Waals surface area contributed by atoms with Crippen molar-refractivity contribution in [3.63, 3.8) is 0 Å². The predicted molar refractivity (Wildman–Crippen MR) is 59.4 cm³/mol. The van der Waals surface area contributed by atoms with Crippen LogP contribution in [-0.4, -0.2) is 42.6 Å². The lowest BCUT2D eigenvalue weighted by Crippen LogP contribution is -2.44. The van der Waals surface area contributed by atoms with Crippen LogP contribution in [0.1, 0.15) is 20.3 Å². The van der Waals surface area contributed by atoms with E-state index in [2.05, 4.69) is 34.7 Å². The first-order chi connectivity index (χ1) is 6.26. The van der Waals surface area contributed by atoms with E-state index in [1.54, 1.807) is 0 Å². The number of alkyl halides is 1. The topological polar surface area (TPSA) is 12.5 Å². The lowest BCUT2D eigenvalue weighted by Gasteiger charge is -2.33. The van der Waals surface area contributed by atoms with Gasteiger partial charge in [-0.05, 0) is 12.3 Å². The third-order valence-electron chi connectivity index (χ3n) is 2.51. The first-order valence-corrected chi connectivity index (χ1v) is 6.28. The predicted octanol–water partition coefficient (Wildman–Crippen LogP) is 2.13. The monoisotopic (exact) mass is 249 g/mol. The molecule has 1 rings (SSSR count). The average molecular weight is 250 g/mol. The average Bonchev–Trinajstić information content (AvgIpc) is 2.18. The smallest absolute Gasteiger partial charge is 0.0700 e. The molecular formula is C10H20BrNO. The second-order valence-corrected chi connectivity index (χ2v) is 4.57. The van der Waals surface area contributed by atoms with Crippen LogP contribution < -0.4 is 0 Å². The van der Waals surface area contributed by atoms with Gasteiger partial charge in [0, 0.05) is 25.0 Å². The normalized spacial score (nSPS) is 27.5. The van der Waals surface area contributed by atoms with Gasteiger partial charge in [0.05, 0.1) is 12.7 Å². The molecular weight excluding hydrogens is 230 g/mol. The van der Waals surface area contributed by atoms with E-state index in [9.17, 15) is 0 Å². The molecule has 3 heteroatoms. The van der Waals surface area contributed by atoms with Crippen LogP contribution in [0, 0.1) is 5.92 Å². The molecule has 0 amide bonds. The van der Waals surface area contributed by atoms with Crippen LogP contribution in [0.25, 0.3) is 0 Å². The number of rotatable bonds is 4. The number of hydrogen-bond acceptors (Lipinski definition) is 2. The van der Waals surface area contributed by atoms with Gasteiger partial charge in [0.25, 0.3) is 0 Å². The van der Waals surface area contributed by atoms with Crippen molar-refractivity contribution in [2.45, 2.75) is 26.4 Å². The highest BCUT2D eigenvalue weighted by Gasteiger charge is 2.19. The Morgan fingerprint density at radius 3 is 3.00 bits per heavy atom. The van der Waals surface area contributed by atoms with Crippen molar-refractivity contribution in [1.82, 2.24) is 4.90 Å². The molecule has 0 aliphatic carbocycles. The second kappa shape index (κ2) is 5.99. The van der Waals surface area contributed by atoms with Crippen molar-refractivity contribution < 1.29 is 4.74 Å². The summed E-state index contributed by atoms with van der Waals surface area (Å²) in [5.74, 6) is 0.746. The van der Waals surface area contributed by atoms with Crippen LogP contribution in [0.3, 0.4) is 0 Å². The molecule has 0 spiro atoms. The van der Waals surface area contributed by atoms with Gasteiger partial charge in [-0.25, -0.2) is 0 Å². The van der Waals surface area contributed by atoms with E-state index < -0.39 is 0 Å². The molecule has 0 bridgehead atoms. The van der Waals surface area contributed by atoms with Gasteiger partial charge in [-0.3, -0.25) is 4.90 Å². The number of morpholine rings is 1. The Kier molecular flexibility index (Phi) is 5.29. The highest BCUT2D eigenvalue weighted by atomic mass is 79.9. The first kappa shape index (κ1) is 11.5. The number of halogens is 1. The molecule has 0 saturated carbocycles. The minimum atomic E-state index is 0.469. The molecule has 2 nitrogen and oxygen atoms in total. The third-order valence-corrected chi connectivity index (χ3v) is 3.62. The molecule has 1 fully saturated rings. The maximum absolute atomic E-state index is 5.62. The molecule has 1 heterocycles. The fourth-order valence-corrected chi connectivity index (χ4v) is 1.89. The summed E-state index contributed by atoms with van der Waals surface area (Å²) in [5, 5.41) is 1.10. The second-order valence-electron chi connectivity index (χ2n) is 3.92. The van der Waals surface area contributed by atoms with Gasteiger partial charge in [0.2, 0.25) is 0 Å². The van der Waals surface area contributed by atoms with E-state index >= 15 is 0 Å². The molecule has 1 aliphatic rings. The van der Waals surface area contributed by atoms with Crippen LogP contribution in [0.5, 0.6) is 0 Å². The zero-order valence-corrected chi connectivity index (χ0v) is 10.2. The number of nitrogens with zero attached hydrogens (tertiary/aromatic N) is 1. The van der Waals surface area contributed by atoms with E-state index in [-0.39, 0.29) is 0 Å². The van der Waals surface area contributed by atoms with E-state index in [0.29, 0.717) is 6.10 Å². The fourth-order valence-electron chi connectivity index (χ4n) is 1.68. The fraction of sp³-hybridized carbons (Fsp3) is 1.00. The van der Waals surface area contributed by atoms with Crippen LogP contribution in [-0.2, 0) is 4.74 Å². The van der Waals surface area contributed by atoms with Crippen molar-refractivity contribution in [2.24, 2.45) is 5.92 Å². The van der Waals surface area contributed by atoms with Crippen LogP contribution >= 0.6 is 15.9 Å². The van der Waals surface area contributed by atoms with Crippen molar-refractivity contribution in [3.8, 4) is 0 Å². The van der Waals surface area contributed by atoms with Gasteiger partial charge in [0.1, 0.15) is 0 Å². The zero-order chi connectivity index (χ0) is 9.68.